The van der Waals surface area contributed by atoms with Gasteiger partial charge in [0.25, 0.3) is 5.91 Å². The van der Waals surface area contributed by atoms with E-state index in [1.165, 1.54) is 0 Å². The third-order valence-electron chi connectivity index (χ3n) is 4.91. The van der Waals surface area contributed by atoms with E-state index in [0.29, 0.717) is 28.7 Å². The molecule has 0 aliphatic rings. The molecule has 0 radical (unpaired) electrons. The number of benzene rings is 3. The number of ether oxygens (including phenoxy) is 2. The molecular weight excluding hydrogens is 434 g/mol. The van der Waals surface area contributed by atoms with Crippen molar-refractivity contribution in [3.05, 3.63) is 107 Å². The lowest BCUT2D eigenvalue weighted by molar-refractivity contribution is -0.125. The van der Waals surface area contributed by atoms with Gasteiger partial charge in [-0.15, -0.1) is 0 Å². The van der Waals surface area contributed by atoms with Gasteiger partial charge in [-0.25, -0.2) is 4.79 Å². The van der Waals surface area contributed by atoms with Gasteiger partial charge >= 0.3 is 5.97 Å². The van der Waals surface area contributed by atoms with Crippen LogP contribution in [0.3, 0.4) is 0 Å². The van der Waals surface area contributed by atoms with E-state index in [-0.39, 0.29) is 12.2 Å². The van der Waals surface area contributed by atoms with E-state index in [9.17, 15) is 9.59 Å². The fraction of sp³-hybridized carbons (Fsp3) is 0.154. The van der Waals surface area contributed by atoms with Gasteiger partial charge in [0.1, 0.15) is 5.75 Å². The molecule has 1 N–H and O–H groups in total. The molecule has 172 valence electrons. The molecule has 0 aliphatic carbocycles. The number of amides is 1. The molecule has 34 heavy (non-hydrogen) atoms. The Morgan fingerprint density at radius 1 is 0.941 bits per heavy atom. The molecule has 0 spiro atoms. The normalized spacial score (nSPS) is 11.5. The van der Waals surface area contributed by atoms with Crippen LogP contribution in [0.1, 0.15) is 39.3 Å². The van der Waals surface area contributed by atoms with Crippen LogP contribution in [0.4, 0.5) is 5.69 Å². The van der Waals surface area contributed by atoms with Crippen molar-refractivity contribution in [1.29, 1.82) is 0 Å². The lowest BCUT2D eigenvalue weighted by Crippen LogP contribution is -2.26. The van der Waals surface area contributed by atoms with E-state index < -0.39 is 18.0 Å². The molecular formula is C26H23N3O5. The van der Waals surface area contributed by atoms with Crippen molar-refractivity contribution in [2.45, 2.75) is 26.6 Å². The average molecular weight is 457 g/mol. The number of anilines is 1. The Morgan fingerprint density at radius 3 is 2.29 bits per heavy atom. The van der Waals surface area contributed by atoms with Crippen molar-refractivity contribution in [3.8, 4) is 5.75 Å². The second-order valence-corrected chi connectivity index (χ2v) is 7.59. The van der Waals surface area contributed by atoms with Crippen LogP contribution in [0.25, 0.3) is 0 Å². The molecule has 4 rings (SSSR count). The van der Waals surface area contributed by atoms with E-state index in [1.54, 1.807) is 67.6 Å². The number of hydrogen-bond donors (Lipinski definition) is 1. The molecule has 3 aromatic carbocycles. The monoisotopic (exact) mass is 457 g/mol. The number of rotatable bonds is 8. The number of carbonyl (C=O) groups excluding carboxylic acids is 2. The molecule has 0 saturated heterocycles. The Bertz CT molecular complexity index is 1250. The zero-order valence-electron chi connectivity index (χ0n) is 18.7. The number of nitrogens with one attached hydrogen (secondary N) is 1. The minimum absolute atomic E-state index is 0.135. The van der Waals surface area contributed by atoms with E-state index in [2.05, 4.69) is 15.5 Å². The number of aryl methyl sites for hydroxylation is 2. The lowest BCUT2D eigenvalue weighted by atomic mass is 10.1. The highest BCUT2D eigenvalue weighted by Crippen LogP contribution is 2.23. The van der Waals surface area contributed by atoms with Crippen molar-refractivity contribution < 1.29 is 23.6 Å². The molecule has 0 bridgehead atoms. The molecule has 0 fully saturated rings. The summed E-state index contributed by atoms with van der Waals surface area (Å²) in [6.07, 6.45) is -1.12. The van der Waals surface area contributed by atoms with Gasteiger partial charge in [0.2, 0.25) is 17.8 Å². The van der Waals surface area contributed by atoms with E-state index in [4.69, 9.17) is 14.0 Å². The Balaban J connectivity index is 1.44. The topological polar surface area (TPSA) is 104 Å². The van der Waals surface area contributed by atoms with Gasteiger partial charge in [-0.3, -0.25) is 4.79 Å². The Labute approximate surface area is 196 Å². The summed E-state index contributed by atoms with van der Waals surface area (Å²) in [6, 6.07) is 22.7. The van der Waals surface area contributed by atoms with Crippen LogP contribution >= 0.6 is 0 Å². The average Bonchev–Trinajstić information content (AvgIpc) is 3.28. The quantitative estimate of drug-likeness (QED) is 0.379. The number of nitrogens with zero attached hydrogens (tertiary/aromatic N) is 2. The van der Waals surface area contributed by atoms with Gasteiger partial charge in [0.05, 0.1) is 5.56 Å². The Hall–Kier alpha value is -4.46. The summed E-state index contributed by atoms with van der Waals surface area (Å²) in [7, 11) is 0. The van der Waals surface area contributed by atoms with Crippen LogP contribution < -0.4 is 10.1 Å². The van der Waals surface area contributed by atoms with Gasteiger partial charge in [0.15, 0.2) is 6.61 Å². The van der Waals surface area contributed by atoms with Gasteiger partial charge in [0, 0.05) is 18.2 Å². The van der Waals surface area contributed by atoms with E-state index >= 15 is 0 Å². The predicted octanol–water partition coefficient (Wildman–Crippen LogP) is 4.80. The molecule has 8 heteroatoms. The van der Waals surface area contributed by atoms with Crippen molar-refractivity contribution >= 4 is 17.6 Å². The first kappa shape index (κ1) is 22.7. The molecule has 1 unspecified atom stereocenters. The second-order valence-electron chi connectivity index (χ2n) is 7.59. The third-order valence-corrected chi connectivity index (χ3v) is 4.91. The summed E-state index contributed by atoms with van der Waals surface area (Å²) in [5, 5.41) is 6.58. The molecule has 1 aromatic heterocycles. The maximum Gasteiger partial charge on any atom is 0.339 e. The van der Waals surface area contributed by atoms with Crippen LogP contribution in [-0.4, -0.2) is 22.0 Å². The number of aromatic nitrogens is 2. The first-order chi connectivity index (χ1) is 16.5. The Morgan fingerprint density at radius 2 is 1.65 bits per heavy atom. The molecule has 8 nitrogen and oxygen atoms in total. The summed E-state index contributed by atoms with van der Waals surface area (Å²) >= 11 is 0. The van der Waals surface area contributed by atoms with Gasteiger partial charge in [-0.2, -0.15) is 4.98 Å². The summed E-state index contributed by atoms with van der Waals surface area (Å²) < 4.78 is 16.1. The molecule has 1 amide bonds. The highest BCUT2D eigenvalue weighted by atomic mass is 16.5. The molecule has 1 atom stereocenters. The molecule has 1 heterocycles. The number of hydrogen-bond acceptors (Lipinski definition) is 7. The highest BCUT2D eigenvalue weighted by Gasteiger charge is 2.26. The summed E-state index contributed by atoms with van der Waals surface area (Å²) in [4.78, 5) is 29.9. The van der Waals surface area contributed by atoms with E-state index in [1.807, 2.05) is 25.1 Å². The maximum atomic E-state index is 13.0. The van der Waals surface area contributed by atoms with Gasteiger partial charge in [-0.05, 0) is 43.3 Å². The second kappa shape index (κ2) is 10.4. The van der Waals surface area contributed by atoms with Crippen LogP contribution in [-0.2, 0) is 16.1 Å². The van der Waals surface area contributed by atoms with Crippen molar-refractivity contribution in [2.24, 2.45) is 0 Å². The SMILES string of the molecule is Cc1ccc(NC(=O)C(OC(=O)c2ccc(OCc3noc(C)n3)cc2)c2ccccc2)cc1. The highest BCUT2D eigenvalue weighted by molar-refractivity contribution is 5.98. The van der Waals surface area contributed by atoms with Crippen LogP contribution in [0.5, 0.6) is 5.75 Å². The minimum atomic E-state index is -1.12. The summed E-state index contributed by atoms with van der Waals surface area (Å²) in [5.74, 6) is 0.324. The first-order valence-electron chi connectivity index (χ1n) is 10.6. The molecule has 0 saturated carbocycles. The van der Waals surface area contributed by atoms with Gasteiger partial charge < -0.3 is 19.3 Å². The Kier molecular flexibility index (Phi) is 6.98. The fourth-order valence-electron chi connectivity index (χ4n) is 3.16. The first-order valence-corrected chi connectivity index (χ1v) is 10.6. The largest absolute Gasteiger partial charge is 0.485 e. The van der Waals surface area contributed by atoms with Crippen molar-refractivity contribution in [2.75, 3.05) is 5.32 Å². The van der Waals surface area contributed by atoms with Crippen molar-refractivity contribution in [3.63, 3.8) is 0 Å². The smallest absolute Gasteiger partial charge is 0.339 e. The van der Waals surface area contributed by atoms with E-state index in [0.717, 1.165) is 5.56 Å². The number of esters is 1. The van der Waals surface area contributed by atoms with Crippen LogP contribution in [0.2, 0.25) is 0 Å². The maximum absolute atomic E-state index is 13.0. The molecule has 0 aliphatic heterocycles. The minimum Gasteiger partial charge on any atom is -0.485 e. The standard InChI is InChI=1S/C26H23N3O5/c1-17-8-12-21(13-9-17)28-25(30)24(19-6-4-3-5-7-19)33-26(31)20-10-14-22(15-11-20)32-16-23-27-18(2)34-29-23/h3-15,24H,16H2,1-2H3,(H,28,30). The van der Waals surface area contributed by atoms with Crippen LogP contribution in [0, 0.1) is 13.8 Å². The van der Waals surface area contributed by atoms with Gasteiger partial charge in [-0.1, -0.05) is 53.2 Å². The summed E-state index contributed by atoms with van der Waals surface area (Å²) in [5.41, 5.74) is 2.54. The lowest BCUT2D eigenvalue weighted by Gasteiger charge is -2.18. The third kappa shape index (κ3) is 5.86. The molecule has 4 aromatic rings. The zero-order valence-corrected chi connectivity index (χ0v) is 18.7. The fourth-order valence-corrected chi connectivity index (χ4v) is 3.16. The zero-order chi connectivity index (χ0) is 23.9. The van der Waals surface area contributed by atoms with Crippen molar-refractivity contribution in [1.82, 2.24) is 10.1 Å². The number of carbonyl (C=O) groups is 2. The van der Waals surface area contributed by atoms with Crippen LogP contribution in [0.15, 0.2) is 83.4 Å². The predicted molar refractivity (Wildman–Crippen MR) is 124 cm³/mol. The summed E-state index contributed by atoms with van der Waals surface area (Å²) in [6.45, 7) is 3.79.